The van der Waals surface area contributed by atoms with E-state index in [9.17, 15) is 14.3 Å². The van der Waals surface area contributed by atoms with Gasteiger partial charge in [0, 0.05) is 13.0 Å². The Morgan fingerprint density at radius 3 is 2.96 bits per heavy atom. The van der Waals surface area contributed by atoms with Crippen molar-refractivity contribution in [3.05, 3.63) is 47.0 Å². The molecule has 23 heavy (non-hydrogen) atoms. The van der Waals surface area contributed by atoms with Gasteiger partial charge in [-0.1, -0.05) is 11.3 Å². The maximum absolute atomic E-state index is 13.1. The van der Waals surface area contributed by atoms with E-state index in [-0.39, 0.29) is 18.3 Å². The maximum Gasteiger partial charge on any atom is 0.222 e. The molecule has 3 rings (SSSR count). The zero-order valence-corrected chi connectivity index (χ0v) is 12.9. The summed E-state index contributed by atoms with van der Waals surface area (Å²) in [7, 11) is 0. The summed E-state index contributed by atoms with van der Waals surface area (Å²) in [4.78, 5) is 13.4. The largest absolute Gasteiger partial charge is 0.386 e. The van der Waals surface area contributed by atoms with Crippen LogP contribution in [0.5, 0.6) is 0 Å². The number of carbonyl (C=O) groups is 1. The molecule has 122 valence electrons. The smallest absolute Gasteiger partial charge is 0.222 e. The minimum atomic E-state index is -0.793. The van der Waals surface area contributed by atoms with Crippen molar-refractivity contribution in [2.75, 3.05) is 6.54 Å². The number of amides is 1. The zero-order chi connectivity index (χ0) is 16.4. The SMILES string of the molecule is Cc1cc(F)ccc1C(O)Cn1cc(CN2CCCC2=O)nn1. The quantitative estimate of drug-likeness (QED) is 0.908. The first kappa shape index (κ1) is 15.6. The van der Waals surface area contributed by atoms with Crippen LogP contribution in [0.4, 0.5) is 4.39 Å². The predicted octanol–water partition coefficient (Wildman–Crippen LogP) is 1.58. The minimum Gasteiger partial charge on any atom is -0.386 e. The summed E-state index contributed by atoms with van der Waals surface area (Å²) in [6.45, 7) is 3.19. The highest BCUT2D eigenvalue weighted by molar-refractivity contribution is 5.77. The molecular formula is C16H19FN4O2. The van der Waals surface area contributed by atoms with E-state index in [1.807, 2.05) is 0 Å². The molecule has 0 aliphatic carbocycles. The van der Waals surface area contributed by atoms with Gasteiger partial charge in [-0.3, -0.25) is 4.79 Å². The van der Waals surface area contributed by atoms with Gasteiger partial charge in [-0.05, 0) is 36.6 Å². The van der Waals surface area contributed by atoms with Gasteiger partial charge in [-0.15, -0.1) is 5.10 Å². The topological polar surface area (TPSA) is 71.2 Å². The lowest BCUT2D eigenvalue weighted by Crippen LogP contribution is -2.24. The number of halogens is 1. The number of benzene rings is 1. The molecular weight excluding hydrogens is 299 g/mol. The van der Waals surface area contributed by atoms with E-state index in [2.05, 4.69) is 10.3 Å². The lowest BCUT2D eigenvalue weighted by atomic mass is 10.0. The molecule has 7 heteroatoms. The van der Waals surface area contributed by atoms with Gasteiger partial charge in [0.15, 0.2) is 0 Å². The van der Waals surface area contributed by atoms with Crippen LogP contribution in [0.2, 0.25) is 0 Å². The summed E-state index contributed by atoms with van der Waals surface area (Å²) in [5.41, 5.74) is 2.06. The van der Waals surface area contributed by atoms with Crippen LogP contribution in [0.15, 0.2) is 24.4 Å². The normalized spacial score (nSPS) is 16.1. The van der Waals surface area contributed by atoms with Gasteiger partial charge >= 0.3 is 0 Å². The molecule has 0 spiro atoms. The number of aromatic nitrogens is 3. The average Bonchev–Trinajstić information content (AvgIpc) is 3.09. The summed E-state index contributed by atoms with van der Waals surface area (Å²) >= 11 is 0. The number of hydrogen-bond acceptors (Lipinski definition) is 4. The van der Waals surface area contributed by atoms with Crippen molar-refractivity contribution >= 4 is 5.91 Å². The maximum atomic E-state index is 13.1. The molecule has 1 fully saturated rings. The number of nitrogens with zero attached hydrogens (tertiary/aromatic N) is 4. The summed E-state index contributed by atoms with van der Waals surface area (Å²) in [6, 6.07) is 4.30. The molecule has 1 aromatic heterocycles. The van der Waals surface area contributed by atoms with E-state index in [0.29, 0.717) is 29.8 Å². The van der Waals surface area contributed by atoms with Crippen molar-refractivity contribution < 1.29 is 14.3 Å². The van der Waals surface area contributed by atoms with Crippen LogP contribution >= 0.6 is 0 Å². The molecule has 1 unspecified atom stereocenters. The lowest BCUT2D eigenvalue weighted by Gasteiger charge is -2.14. The van der Waals surface area contributed by atoms with Gasteiger partial charge in [0.05, 0.1) is 25.4 Å². The molecule has 1 atom stereocenters. The highest BCUT2D eigenvalue weighted by Crippen LogP contribution is 2.20. The summed E-state index contributed by atoms with van der Waals surface area (Å²) in [5.74, 6) is -0.182. The van der Waals surface area contributed by atoms with Crippen LogP contribution in [0.3, 0.4) is 0 Å². The Balaban J connectivity index is 1.65. The lowest BCUT2D eigenvalue weighted by molar-refractivity contribution is -0.128. The molecule has 1 aromatic carbocycles. The molecule has 1 amide bonds. The summed E-state index contributed by atoms with van der Waals surface area (Å²) in [5, 5.41) is 18.3. The van der Waals surface area contributed by atoms with Crippen molar-refractivity contribution in [1.29, 1.82) is 0 Å². The monoisotopic (exact) mass is 318 g/mol. The van der Waals surface area contributed by atoms with Crippen molar-refractivity contribution in [1.82, 2.24) is 19.9 Å². The zero-order valence-electron chi connectivity index (χ0n) is 12.9. The third-order valence-corrected chi connectivity index (χ3v) is 4.06. The Labute approximate surface area is 133 Å². The standard InChI is InChI=1S/C16H19FN4O2/c1-11-7-12(17)4-5-14(11)15(22)10-21-9-13(18-19-21)8-20-6-2-3-16(20)23/h4-5,7,9,15,22H,2-3,6,8,10H2,1H3. The number of carbonyl (C=O) groups excluding carboxylic acids is 1. The molecule has 0 radical (unpaired) electrons. The second-order valence-corrected chi connectivity index (χ2v) is 5.87. The van der Waals surface area contributed by atoms with Gasteiger partial charge in [0.25, 0.3) is 0 Å². The first-order valence-electron chi connectivity index (χ1n) is 7.64. The molecule has 2 aromatic rings. The number of aryl methyl sites for hydroxylation is 1. The second-order valence-electron chi connectivity index (χ2n) is 5.87. The summed E-state index contributed by atoms with van der Waals surface area (Å²) < 4.78 is 14.7. The van der Waals surface area contributed by atoms with E-state index in [1.165, 1.54) is 12.1 Å². The van der Waals surface area contributed by atoms with Gasteiger partial charge in [0.2, 0.25) is 5.91 Å². The number of likely N-dealkylation sites (tertiary alicyclic amines) is 1. The summed E-state index contributed by atoms with van der Waals surface area (Å²) in [6.07, 6.45) is 2.42. The first-order chi connectivity index (χ1) is 11.0. The van der Waals surface area contributed by atoms with Gasteiger partial charge in [0.1, 0.15) is 11.5 Å². The molecule has 1 aliphatic rings. The van der Waals surface area contributed by atoms with Crippen LogP contribution in [0.1, 0.15) is 35.8 Å². The Bertz CT molecular complexity index is 716. The number of rotatable bonds is 5. The van der Waals surface area contributed by atoms with Gasteiger partial charge in [-0.2, -0.15) is 0 Å². The van der Waals surface area contributed by atoms with Crippen molar-refractivity contribution in [2.24, 2.45) is 0 Å². The number of hydrogen-bond donors (Lipinski definition) is 1. The Morgan fingerprint density at radius 2 is 2.26 bits per heavy atom. The van der Waals surface area contributed by atoms with Crippen molar-refractivity contribution in [3.8, 4) is 0 Å². The molecule has 0 saturated carbocycles. The minimum absolute atomic E-state index is 0.140. The van der Waals surface area contributed by atoms with Crippen molar-refractivity contribution in [2.45, 2.75) is 39.0 Å². The number of aliphatic hydroxyl groups excluding tert-OH is 1. The van der Waals surface area contributed by atoms with Crippen LogP contribution in [-0.2, 0) is 17.9 Å². The Kier molecular flexibility index (Phi) is 4.38. The van der Waals surface area contributed by atoms with Crippen LogP contribution in [-0.4, -0.2) is 37.5 Å². The third-order valence-electron chi connectivity index (χ3n) is 4.06. The molecule has 1 aliphatic heterocycles. The highest BCUT2D eigenvalue weighted by atomic mass is 19.1. The van der Waals surface area contributed by atoms with E-state index in [4.69, 9.17) is 0 Å². The Morgan fingerprint density at radius 1 is 1.43 bits per heavy atom. The molecule has 6 nitrogen and oxygen atoms in total. The molecule has 2 heterocycles. The number of aliphatic hydroxyl groups is 1. The van der Waals surface area contributed by atoms with Crippen molar-refractivity contribution in [3.63, 3.8) is 0 Å². The van der Waals surface area contributed by atoms with Crippen LogP contribution in [0, 0.1) is 12.7 Å². The Hall–Kier alpha value is -2.28. The third kappa shape index (κ3) is 3.56. The fourth-order valence-corrected chi connectivity index (χ4v) is 2.86. The predicted molar refractivity (Wildman–Crippen MR) is 80.8 cm³/mol. The van der Waals surface area contributed by atoms with Crippen LogP contribution < -0.4 is 0 Å². The van der Waals surface area contributed by atoms with E-state index in [1.54, 1.807) is 28.8 Å². The van der Waals surface area contributed by atoms with Gasteiger partial charge in [-0.25, -0.2) is 9.07 Å². The fourth-order valence-electron chi connectivity index (χ4n) is 2.86. The van der Waals surface area contributed by atoms with Crippen LogP contribution in [0.25, 0.3) is 0 Å². The average molecular weight is 318 g/mol. The molecule has 1 saturated heterocycles. The first-order valence-corrected chi connectivity index (χ1v) is 7.64. The van der Waals surface area contributed by atoms with Gasteiger partial charge < -0.3 is 10.0 Å². The van der Waals surface area contributed by atoms with E-state index >= 15 is 0 Å². The highest BCUT2D eigenvalue weighted by Gasteiger charge is 2.21. The fraction of sp³-hybridized carbons (Fsp3) is 0.438. The van der Waals surface area contributed by atoms with E-state index < -0.39 is 6.10 Å². The molecule has 0 bridgehead atoms. The second kappa shape index (κ2) is 6.45. The van der Waals surface area contributed by atoms with E-state index in [0.717, 1.165) is 13.0 Å². The molecule has 1 N–H and O–H groups in total.